The molecule has 0 bridgehead atoms. The van der Waals surface area contributed by atoms with Crippen molar-refractivity contribution >= 4 is 23.2 Å². The Kier molecular flexibility index (Phi) is 2.61. The van der Waals surface area contributed by atoms with Crippen LogP contribution >= 0.6 is 11.6 Å². The van der Waals surface area contributed by atoms with Crippen molar-refractivity contribution in [1.82, 2.24) is 0 Å². The molecule has 0 saturated carbocycles. The Morgan fingerprint density at radius 1 is 1.44 bits per heavy atom. The van der Waals surface area contributed by atoms with Crippen molar-refractivity contribution in [3.05, 3.63) is 52.4 Å². The lowest BCUT2D eigenvalue weighted by atomic mass is 10.0. The summed E-state index contributed by atoms with van der Waals surface area (Å²) in [6.45, 7) is 0. The second-order valence-electron chi connectivity index (χ2n) is 4.17. The maximum absolute atomic E-state index is 11.3. The van der Waals surface area contributed by atoms with E-state index in [1.807, 2.05) is 0 Å². The molecule has 1 atom stereocenters. The van der Waals surface area contributed by atoms with Crippen molar-refractivity contribution in [3.8, 4) is 0 Å². The van der Waals surface area contributed by atoms with Gasteiger partial charge in [-0.2, -0.15) is 0 Å². The fourth-order valence-electron chi connectivity index (χ4n) is 2.08. The third-order valence-electron chi connectivity index (χ3n) is 2.95. The number of hydrogen-bond acceptors (Lipinski definition) is 3. The van der Waals surface area contributed by atoms with Crippen LogP contribution in [-0.2, 0) is 11.2 Å². The molecule has 18 heavy (non-hydrogen) atoms. The van der Waals surface area contributed by atoms with Crippen LogP contribution < -0.4 is 5.32 Å². The molecule has 0 aliphatic carbocycles. The number of fused-ring (bicyclic) bond motifs is 1. The summed E-state index contributed by atoms with van der Waals surface area (Å²) < 4.78 is 5.15. The van der Waals surface area contributed by atoms with E-state index in [1.165, 1.54) is 6.26 Å². The molecule has 1 unspecified atom stereocenters. The van der Waals surface area contributed by atoms with Gasteiger partial charge in [-0.15, -0.1) is 0 Å². The number of halogens is 1. The molecule has 5 heteroatoms. The second kappa shape index (κ2) is 4.15. The van der Waals surface area contributed by atoms with Gasteiger partial charge in [0.15, 0.2) is 0 Å². The van der Waals surface area contributed by atoms with E-state index >= 15 is 0 Å². The predicted molar refractivity (Wildman–Crippen MR) is 66.6 cm³/mol. The molecule has 0 radical (unpaired) electrons. The zero-order valence-electron chi connectivity index (χ0n) is 9.31. The predicted octanol–water partition coefficient (Wildman–Crippen LogP) is 2.51. The van der Waals surface area contributed by atoms with Crippen LogP contribution in [0.25, 0.3) is 0 Å². The van der Waals surface area contributed by atoms with E-state index in [-0.39, 0.29) is 5.91 Å². The van der Waals surface area contributed by atoms with Gasteiger partial charge in [-0.25, -0.2) is 0 Å². The smallest absolute Gasteiger partial charge is 0.228 e. The summed E-state index contributed by atoms with van der Waals surface area (Å²) in [5, 5.41) is 13.3. The van der Waals surface area contributed by atoms with Gasteiger partial charge in [0, 0.05) is 16.3 Å². The van der Waals surface area contributed by atoms with Gasteiger partial charge in [-0.1, -0.05) is 11.6 Å². The van der Waals surface area contributed by atoms with Crippen LogP contribution in [0.4, 0.5) is 5.69 Å². The van der Waals surface area contributed by atoms with Crippen molar-refractivity contribution in [2.45, 2.75) is 12.5 Å². The van der Waals surface area contributed by atoms with Gasteiger partial charge in [0.25, 0.3) is 0 Å². The maximum atomic E-state index is 11.3. The first-order valence-corrected chi connectivity index (χ1v) is 5.86. The molecule has 0 spiro atoms. The number of amides is 1. The summed E-state index contributed by atoms with van der Waals surface area (Å²) >= 11 is 6.11. The third kappa shape index (κ3) is 1.79. The summed E-state index contributed by atoms with van der Waals surface area (Å²) in [5.74, 6) is 0.361. The highest BCUT2D eigenvalue weighted by Crippen LogP contribution is 2.35. The van der Waals surface area contributed by atoms with Crippen molar-refractivity contribution in [3.63, 3.8) is 0 Å². The van der Waals surface area contributed by atoms with E-state index in [4.69, 9.17) is 16.0 Å². The number of hydrogen-bond donors (Lipinski definition) is 2. The van der Waals surface area contributed by atoms with Crippen LogP contribution in [0, 0.1) is 0 Å². The Hall–Kier alpha value is -1.78. The molecular weight excluding hydrogens is 254 g/mol. The molecule has 1 aliphatic heterocycles. The quantitative estimate of drug-likeness (QED) is 0.875. The highest BCUT2D eigenvalue weighted by atomic mass is 35.5. The fraction of sp³-hybridized carbons (Fsp3) is 0.154. The number of carbonyl (C=O) groups is 1. The SMILES string of the molecule is O=C1Cc2cc(C(O)c3ccco3)c(Cl)cc2N1. The summed E-state index contributed by atoms with van der Waals surface area (Å²) in [7, 11) is 0. The lowest BCUT2D eigenvalue weighted by Gasteiger charge is -2.12. The first-order chi connectivity index (χ1) is 8.65. The van der Waals surface area contributed by atoms with Gasteiger partial charge in [0.05, 0.1) is 12.7 Å². The van der Waals surface area contributed by atoms with Gasteiger partial charge < -0.3 is 14.8 Å². The van der Waals surface area contributed by atoms with E-state index < -0.39 is 6.10 Å². The summed E-state index contributed by atoms with van der Waals surface area (Å²) in [6, 6.07) is 6.77. The molecular formula is C13H10ClNO3. The minimum atomic E-state index is -0.923. The lowest BCUT2D eigenvalue weighted by Crippen LogP contribution is -2.03. The molecule has 0 saturated heterocycles. The van der Waals surface area contributed by atoms with Crippen LogP contribution in [0.2, 0.25) is 5.02 Å². The third-order valence-corrected chi connectivity index (χ3v) is 3.28. The zero-order chi connectivity index (χ0) is 12.7. The van der Waals surface area contributed by atoms with Gasteiger partial charge in [0.1, 0.15) is 11.9 Å². The largest absolute Gasteiger partial charge is 0.466 e. The Morgan fingerprint density at radius 2 is 2.28 bits per heavy atom. The lowest BCUT2D eigenvalue weighted by molar-refractivity contribution is -0.115. The first kappa shape index (κ1) is 11.3. The van der Waals surface area contributed by atoms with Gasteiger partial charge in [-0.3, -0.25) is 4.79 Å². The summed E-state index contributed by atoms with van der Waals surface area (Å²) in [5.41, 5.74) is 2.09. The van der Waals surface area contributed by atoms with Crippen molar-refractivity contribution in [1.29, 1.82) is 0 Å². The van der Waals surface area contributed by atoms with E-state index in [1.54, 1.807) is 24.3 Å². The van der Waals surface area contributed by atoms with Crippen molar-refractivity contribution in [2.75, 3.05) is 5.32 Å². The molecule has 1 aromatic heterocycles. The molecule has 2 aromatic rings. The summed E-state index contributed by atoms with van der Waals surface area (Å²) in [4.78, 5) is 11.3. The fourth-order valence-corrected chi connectivity index (χ4v) is 2.34. The molecule has 1 amide bonds. The molecule has 92 valence electrons. The monoisotopic (exact) mass is 263 g/mol. The van der Waals surface area contributed by atoms with E-state index in [0.717, 1.165) is 5.56 Å². The van der Waals surface area contributed by atoms with Gasteiger partial charge >= 0.3 is 0 Å². The highest BCUT2D eigenvalue weighted by Gasteiger charge is 2.23. The molecule has 2 heterocycles. The number of nitrogens with one attached hydrogen (secondary N) is 1. The standard InChI is InChI=1S/C13H10ClNO3/c14-9-6-10-7(5-12(16)15-10)4-8(9)13(17)11-2-1-3-18-11/h1-4,6,13,17H,5H2,(H,15,16). The van der Waals surface area contributed by atoms with Crippen LogP contribution in [0.1, 0.15) is 23.0 Å². The average molecular weight is 264 g/mol. The van der Waals surface area contributed by atoms with Crippen LogP contribution in [0.5, 0.6) is 0 Å². The molecule has 4 nitrogen and oxygen atoms in total. The summed E-state index contributed by atoms with van der Waals surface area (Å²) in [6.07, 6.45) is 0.878. The normalized spacial score (nSPS) is 15.3. The number of furan rings is 1. The Balaban J connectivity index is 2.03. The van der Waals surface area contributed by atoms with E-state index in [9.17, 15) is 9.90 Å². The zero-order valence-corrected chi connectivity index (χ0v) is 10.1. The van der Waals surface area contributed by atoms with Crippen LogP contribution in [0.15, 0.2) is 34.9 Å². The van der Waals surface area contributed by atoms with Crippen LogP contribution in [0.3, 0.4) is 0 Å². The number of benzene rings is 1. The van der Waals surface area contributed by atoms with Gasteiger partial charge in [-0.05, 0) is 29.8 Å². The van der Waals surface area contributed by atoms with Crippen molar-refractivity contribution in [2.24, 2.45) is 0 Å². The van der Waals surface area contributed by atoms with Gasteiger partial charge in [0.2, 0.25) is 5.91 Å². The molecule has 2 N–H and O–H groups in total. The molecule has 1 aliphatic rings. The molecule has 3 rings (SSSR count). The minimum Gasteiger partial charge on any atom is -0.466 e. The average Bonchev–Trinajstić information content (AvgIpc) is 2.94. The number of carbonyl (C=O) groups excluding carboxylic acids is 1. The van der Waals surface area contributed by atoms with E-state index in [2.05, 4.69) is 5.32 Å². The Morgan fingerprint density at radius 3 is 3.00 bits per heavy atom. The second-order valence-corrected chi connectivity index (χ2v) is 4.58. The Labute approximate surface area is 108 Å². The number of rotatable bonds is 2. The van der Waals surface area contributed by atoms with Crippen LogP contribution in [-0.4, -0.2) is 11.0 Å². The van der Waals surface area contributed by atoms with E-state index in [0.29, 0.717) is 28.5 Å². The maximum Gasteiger partial charge on any atom is 0.228 e. The van der Waals surface area contributed by atoms with Crippen molar-refractivity contribution < 1.29 is 14.3 Å². The Bertz CT molecular complexity index is 607. The number of aliphatic hydroxyl groups excluding tert-OH is 1. The molecule has 0 fully saturated rings. The topological polar surface area (TPSA) is 62.5 Å². The minimum absolute atomic E-state index is 0.0642. The first-order valence-electron chi connectivity index (χ1n) is 5.49. The number of anilines is 1. The molecule has 1 aromatic carbocycles. The highest BCUT2D eigenvalue weighted by molar-refractivity contribution is 6.32. The number of aliphatic hydroxyl groups is 1.